The molecule has 4 nitrogen and oxygen atoms in total. The first-order valence-electron chi connectivity index (χ1n) is 6.30. The molecule has 0 fully saturated rings. The van der Waals surface area contributed by atoms with E-state index in [1.807, 2.05) is 18.2 Å². The lowest BCUT2D eigenvalue weighted by Crippen LogP contribution is -2.48. The van der Waals surface area contributed by atoms with Crippen LogP contribution < -0.4 is 0 Å². The summed E-state index contributed by atoms with van der Waals surface area (Å²) < 4.78 is 6.09. The Morgan fingerprint density at radius 1 is 1.25 bits per heavy atom. The third kappa shape index (κ3) is 3.60. The van der Waals surface area contributed by atoms with Gasteiger partial charge in [0.25, 0.3) is 0 Å². The Morgan fingerprint density at radius 2 is 1.80 bits per heavy atom. The van der Waals surface area contributed by atoms with E-state index in [0.717, 1.165) is 10.8 Å². The normalized spacial score (nSPS) is 14.3. The van der Waals surface area contributed by atoms with Crippen LogP contribution in [0.4, 0.5) is 4.79 Å². The second-order valence-corrected chi connectivity index (χ2v) is 6.64. The largest absolute Gasteiger partial charge is 0.444 e. The third-order valence-electron chi connectivity index (χ3n) is 3.01. The van der Waals surface area contributed by atoms with Crippen LogP contribution in [0.25, 0.3) is 0 Å². The third-order valence-corrected chi connectivity index (χ3v) is 3.70. The Bertz CT molecular complexity index is 510. The summed E-state index contributed by atoms with van der Waals surface area (Å²) in [6.45, 7) is 7.05. The van der Waals surface area contributed by atoms with Crippen molar-refractivity contribution in [3.63, 3.8) is 0 Å². The van der Waals surface area contributed by atoms with Crippen LogP contribution in [0, 0.1) is 0 Å². The van der Waals surface area contributed by atoms with Gasteiger partial charge in [-0.3, -0.25) is 4.90 Å². The van der Waals surface area contributed by atoms with Gasteiger partial charge in [-0.05, 0) is 39.3 Å². The van der Waals surface area contributed by atoms with Crippen molar-refractivity contribution >= 4 is 28.3 Å². The van der Waals surface area contributed by atoms with Gasteiger partial charge in [0, 0.05) is 11.5 Å². The van der Waals surface area contributed by atoms with Gasteiger partial charge >= 0.3 is 6.09 Å². The fraction of sp³-hybridized carbons (Fsp3) is 0.467. The zero-order chi connectivity index (χ0) is 15.6. The molecule has 20 heavy (non-hydrogen) atoms. The van der Waals surface area contributed by atoms with Crippen LogP contribution in [0.2, 0.25) is 0 Å². The number of carbonyl (C=O) groups is 2. The number of halogens is 1. The van der Waals surface area contributed by atoms with E-state index in [1.54, 1.807) is 40.8 Å². The fourth-order valence-corrected chi connectivity index (χ4v) is 2.40. The molecule has 0 heterocycles. The van der Waals surface area contributed by atoms with Gasteiger partial charge in [0.15, 0.2) is 0 Å². The van der Waals surface area contributed by atoms with Gasteiger partial charge in [-0.1, -0.05) is 34.1 Å². The zero-order valence-corrected chi connectivity index (χ0v) is 14.0. The number of hydrogen-bond donors (Lipinski definition) is 0. The minimum atomic E-state index is -1.09. The number of benzene rings is 1. The molecule has 0 aliphatic heterocycles. The number of amides is 1. The van der Waals surface area contributed by atoms with Gasteiger partial charge in [0.2, 0.25) is 0 Å². The molecule has 0 bridgehead atoms. The maximum absolute atomic E-state index is 12.2. The minimum absolute atomic E-state index is 0.539. The Kier molecular flexibility index (Phi) is 4.97. The topological polar surface area (TPSA) is 46.6 Å². The molecule has 0 saturated carbocycles. The number of ether oxygens (including phenoxy) is 1. The number of aldehydes is 1. The average molecular weight is 342 g/mol. The van der Waals surface area contributed by atoms with Crippen molar-refractivity contribution in [3.8, 4) is 0 Å². The summed E-state index contributed by atoms with van der Waals surface area (Å²) >= 11 is 3.41. The van der Waals surface area contributed by atoms with Crippen molar-refractivity contribution in [1.29, 1.82) is 0 Å². The first-order chi connectivity index (χ1) is 9.12. The highest BCUT2D eigenvalue weighted by Crippen LogP contribution is 2.32. The summed E-state index contributed by atoms with van der Waals surface area (Å²) in [5.74, 6) is 0. The van der Waals surface area contributed by atoms with Gasteiger partial charge in [-0.25, -0.2) is 4.79 Å². The lowest BCUT2D eigenvalue weighted by atomic mass is 9.92. The Hall–Kier alpha value is -1.36. The smallest absolute Gasteiger partial charge is 0.411 e. The first kappa shape index (κ1) is 16.7. The molecule has 110 valence electrons. The molecule has 1 unspecified atom stereocenters. The molecule has 1 amide bonds. The second kappa shape index (κ2) is 5.95. The maximum atomic E-state index is 12.2. The molecule has 1 atom stereocenters. The van der Waals surface area contributed by atoms with Crippen molar-refractivity contribution < 1.29 is 14.3 Å². The molecule has 1 aromatic carbocycles. The Labute approximate surface area is 128 Å². The lowest BCUT2D eigenvalue weighted by Gasteiger charge is -2.36. The quantitative estimate of drug-likeness (QED) is 0.787. The standard InChI is InChI=1S/C15H20BrNO3/c1-14(2,3)20-13(19)17(5)15(4,10-18)11-8-6-7-9-12(11)16/h6-10H,1-5H3. The second-order valence-electron chi connectivity index (χ2n) is 5.78. The van der Waals surface area contributed by atoms with Crippen molar-refractivity contribution in [2.24, 2.45) is 0 Å². The average Bonchev–Trinajstić information content (AvgIpc) is 2.35. The molecule has 0 aliphatic carbocycles. The van der Waals surface area contributed by atoms with Crippen molar-refractivity contribution in [1.82, 2.24) is 4.90 Å². The summed E-state index contributed by atoms with van der Waals surface area (Å²) in [6.07, 6.45) is 0.208. The molecule has 1 aromatic rings. The van der Waals surface area contributed by atoms with Crippen molar-refractivity contribution in [2.45, 2.75) is 38.8 Å². The van der Waals surface area contributed by atoms with E-state index in [9.17, 15) is 9.59 Å². The monoisotopic (exact) mass is 341 g/mol. The summed E-state index contributed by atoms with van der Waals surface area (Å²) in [7, 11) is 1.56. The number of likely N-dealkylation sites (N-methyl/N-ethyl adjacent to an activating group) is 1. The van der Waals surface area contributed by atoms with Crippen LogP contribution in [0.3, 0.4) is 0 Å². The summed E-state index contributed by atoms with van der Waals surface area (Å²) in [5, 5.41) is 0. The van der Waals surface area contributed by atoms with Gasteiger partial charge in [-0.15, -0.1) is 0 Å². The predicted octanol–water partition coefficient (Wildman–Crippen LogP) is 3.73. The molecule has 5 heteroatoms. The van der Waals surface area contributed by atoms with Gasteiger partial charge in [0.05, 0.1) is 0 Å². The molecule has 0 radical (unpaired) electrons. The van der Waals surface area contributed by atoms with Gasteiger partial charge in [0.1, 0.15) is 17.4 Å². The van der Waals surface area contributed by atoms with Crippen LogP contribution >= 0.6 is 15.9 Å². The van der Waals surface area contributed by atoms with Crippen LogP contribution in [-0.4, -0.2) is 29.9 Å². The van der Waals surface area contributed by atoms with E-state index < -0.39 is 17.2 Å². The molecule has 0 spiro atoms. The van der Waals surface area contributed by atoms with Crippen LogP contribution in [0.5, 0.6) is 0 Å². The van der Waals surface area contributed by atoms with Crippen molar-refractivity contribution in [2.75, 3.05) is 7.05 Å². The van der Waals surface area contributed by atoms with E-state index in [-0.39, 0.29) is 0 Å². The van der Waals surface area contributed by atoms with E-state index in [2.05, 4.69) is 15.9 Å². The van der Waals surface area contributed by atoms with Crippen molar-refractivity contribution in [3.05, 3.63) is 34.3 Å². The molecule has 0 aliphatic rings. The molecular weight excluding hydrogens is 322 g/mol. The zero-order valence-electron chi connectivity index (χ0n) is 12.4. The van der Waals surface area contributed by atoms with Gasteiger partial charge in [-0.2, -0.15) is 0 Å². The highest BCUT2D eigenvalue weighted by molar-refractivity contribution is 9.10. The SMILES string of the molecule is CN(C(=O)OC(C)(C)C)C(C)(C=O)c1ccccc1Br. The van der Waals surface area contributed by atoms with E-state index >= 15 is 0 Å². The van der Waals surface area contributed by atoms with E-state index in [1.165, 1.54) is 4.90 Å². The van der Waals surface area contributed by atoms with Crippen LogP contribution in [0.15, 0.2) is 28.7 Å². The number of carbonyl (C=O) groups excluding carboxylic acids is 2. The van der Waals surface area contributed by atoms with Crippen LogP contribution in [-0.2, 0) is 15.1 Å². The minimum Gasteiger partial charge on any atom is -0.444 e. The number of hydrogen-bond acceptors (Lipinski definition) is 3. The van der Waals surface area contributed by atoms with E-state index in [4.69, 9.17) is 4.74 Å². The lowest BCUT2D eigenvalue weighted by molar-refractivity contribution is -0.117. The van der Waals surface area contributed by atoms with Crippen LogP contribution in [0.1, 0.15) is 33.3 Å². The molecule has 0 aromatic heterocycles. The molecule has 0 saturated heterocycles. The molecule has 0 N–H and O–H groups in total. The van der Waals surface area contributed by atoms with E-state index in [0.29, 0.717) is 5.56 Å². The summed E-state index contributed by atoms with van der Waals surface area (Å²) in [5.41, 5.74) is -0.991. The Balaban J connectivity index is 3.14. The van der Waals surface area contributed by atoms with Gasteiger partial charge < -0.3 is 9.53 Å². The summed E-state index contributed by atoms with van der Waals surface area (Å²) in [6, 6.07) is 7.32. The number of rotatable bonds is 3. The fourth-order valence-electron chi connectivity index (χ4n) is 1.71. The highest BCUT2D eigenvalue weighted by atomic mass is 79.9. The maximum Gasteiger partial charge on any atom is 0.411 e. The molecular formula is C15H20BrNO3. The number of nitrogens with zero attached hydrogens (tertiary/aromatic N) is 1. The highest BCUT2D eigenvalue weighted by Gasteiger charge is 2.37. The summed E-state index contributed by atoms with van der Waals surface area (Å²) in [4.78, 5) is 25.1. The molecule has 1 rings (SSSR count). The Morgan fingerprint density at radius 3 is 2.25 bits per heavy atom. The predicted molar refractivity (Wildman–Crippen MR) is 81.6 cm³/mol. The first-order valence-corrected chi connectivity index (χ1v) is 7.09.